The molecule has 1 atom stereocenters. The van der Waals surface area contributed by atoms with Crippen molar-refractivity contribution >= 4 is 11.8 Å². The van der Waals surface area contributed by atoms with Gasteiger partial charge in [0.15, 0.2) is 11.5 Å². The van der Waals surface area contributed by atoms with Gasteiger partial charge in [-0.2, -0.15) is 11.8 Å². The van der Waals surface area contributed by atoms with Crippen LogP contribution in [-0.2, 0) is 0 Å². The predicted molar refractivity (Wildman–Crippen MR) is 67.5 cm³/mol. The number of aliphatic hydroxyl groups excluding tert-OH is 1. The van der Waals surface area contributed by atoms with Crippen molar-refractivity contribution in [3.8, 4) is 11.5 Å². The van der Waals surface area contributed by atoms with Crippen LogP contribution in [0.1, 0.15) is 18.6 Å². The molecular formula is C12H18O3S. The van der Waals surface area contributed by atoms with E-state index in [1.54, 1.807) is 26.0 Å². The molecule has 0 bridgehead atoms. The van der Waals surface area contributed by atoms with Gasteiger partial charge in [-0.3, -0.25) is 0 Å². The summed E-state index contributed by atoms with van der Waals surface area (Å²) in [4.78, 5) is 0. The standard InChI is InChI=1S/C12H18O3S/c1-4-16-8-10(13)9-5-6-11(14-2)12(7-9)15-3/h5-7,10,13H,4,8H2,1-3H3. The Kier molecular flexibility index (Phi) is 5.49. The third kappa shape index (κ3) is 3.32. The van der Waals surface area contributed by atoms with Crippen LogP contribution in [0.5, 0.6) is 11.5 Å². The number of ether oxygens (including phenoxy) is 2. The molecule has 0 aliphatic rings. The van der Waals surface area contributed by atoms with Crippen LogP contribution in [0, 0.1) is 0 Å². The van der Waals surface area contributed by atoms with Crippen molar-refractivity contribution in [3.63, 3.8) is 0 Å². The summed E-state index contributed by atoms with van der Waals surface area (Å²) < 4.78 is 10.3. The molecule has 1 aromatic carbocycles. The average Bonchev–Trinajstić information content (AvgIpc) is 2.34. The van der Waals surface area contributed by atoms with E-state index < -0.39 is 6.10 Å². The van der Waals surface area contributed by atoms with Crippen LogP contribution in [0.15, 0.2) is 18.2 Å². The molecule has 0 heterocycles. The number of hydrogen-bond acceptors (Lipinski definition) is 4. The van der Waals surface area contributed by atoms with Crippen LogP contribution in [0.2, 0.25) is 0 Å². The molecule has 0 fully saturated rings. The zero-order valence-electron chi connectivity index (χ0n) is 9.90. The SMILES string of the molecule is CCSCC(O)c1ccc(OC)c(OC)c1. The molecule has 1 rings (SSSR count). The first-order valence-corrected chi connectivity index (χ1v) is 6.36. The van der Waals surface area contributed by atoms with E-state index in [-0.39, 0.29) is 0 Å². The molecule has 1 aromatic rings. The largest absolute Gasteiger partial charge is 0.493 e. The molecule has 0 saturated heterocycles. The van der Waals surface area contributed by atoms with E-state index >= 15 is 0 Å². The lowest BCUT2D eigenvalue weighted by Crippen LogP contribution is -2.02. The van der Waals surface area contributed by atoms with Gasteiger partial charge in [-0.1, -0.05) is 13.0 Å². The van der Waals surface area contributed by atoms with Crippen LogP contribution >= 0.6 is 11.8 Å². The van der Waals surface area contributed by atoms with Crippen LogP contribution in [0.25, 0.3) is 0 Å². The highest BCUT2D eigenvalue weighted by molar-refractivity contribution is 7.99. The van der Waals surface area contributed by atoms with Crippen LogP contribution in [-0.4, -0.2) is 30.8 Å². The van der Waals surface area contributed by atoms with Crippen molar-refractivity contribution in [1.29, 1.82) is 0 Å². The highest BCUT2D eigenvalue weighted by Crippen LogP contribution is 2.30. The maximum Gasteiger partial charge on any atom is 0.161 e. The summed E-state index contributed by atoms with van der Waals surface area (Å²) in [6, 6.07) is 5.50. The Balaban J connectivity index is 2.81. The van der Waals surface area contributed by atoms with E-state index in [2.05, 4.69) is 6.92 Å². The molecule has 0 amide bonds. The van der Waals surface area contributed by atoms with E-state index in [0.717, 1.165) is 11.3 Å². The van der Waals surface area contributed by atoms with E-state index in [1.165, 1.54) is 0 Å². The minimum absolute atomic E-state index is 0.454. The lowest BCUT2D eigenvalue weighted by molar-refractivity contribution is 0.203. The second kappa shape index (κ2) is 6.66. The molecule has 90 valence electrons. The molecule has 0 spiro atoms. The maximum absolute atomic E-state index is 9.92. The van der Waals surface area contributed by atoms with E-state index in [0.29, 0.717) is 17.3 Å². The van der Waals surface area contributed by atoms with Crippen molar-refractivity contribution in [2.45, 2.75) is 13.0 Å². The number of aliphatic hydroxyl groups is 1. The van der Waals surface area contributed by atoms with Crippen LogP contribution < -0.4 is 9.47 Å². The predicted octanol–water partition coefficient (Wildman–Crippen LogP) is 2.49. The topological polar surface area (TPSA) is 38.7 Å². The van der Waals surface area contributed by atoms with Crippen molar-refractivity contribution in [2.24, 2.45) is 0 Å². The zero-order chi connectivity index (χ0) is 12.0. The van der Waals surface area contributed by atoms with Crippen molar-refractivity contribution in [1.82, 2.24) is 0 Å². The van der Waals surface area contributed by atoms with Gasteiger partial charge in [-0.05, 0) is 23.4 Å². The molecule has 4 heteroatoms. The Bertz CT molecular complexity index is 328. The lowest BCUT2D eigenvalue weighted by atomic mass is 10.1. The van der Waals surface area contributed by atoms with E-state index in [4.69, 9.17) is 9.47 Å². The van der Waals surface area contributed by atoms with Crippen molar-refractivity contribution in [2.75, 3.05) is 25.7 Å². The normalized spacial score (nSPS) is 12.2. The number of hydrogen-bond donors (Lipinski definition) is 1. The number of benzene rings is 1. The summed E-state index contributed by atoms with van der Waals surface area (Å²) >= 11 is 1.71. The summed E-state index contributed by atoms with van der Waals surface area (Å²) in [5.74, 6) is 3.04. The van der Waals surface area contributed by atoms with E-state index in [9.17, 15) is 5.11 Å². The minimum Gasteiger partial charge on any atom is -0.493 e. The van der Waals surface area contributed by atoms with Gasteiger partial charge in [0.25, 0.3) is 0 Å². The Labute approximate surface area is 101 Å². The van der Waals surface area contributed by atoms with Gasteiger partial charge in [0.1, 0.15) is 0 Å². The van der Waals surface area contributed by atoms with Gasteiger partial charge in [0.05, 0.1) is 20.3 Å². The highest BCUT2D eigenvalue weighted by Gasteiger charge is 2.11. The van der Waals surface area contributed by atoms with Gasteiger partial charge in [-0.25, -0.2) is 0 Å². The van der Waals surface area contributed by atoms with Crippen LogP contribution in [0.4, 0.5) is 0 Å². The first kappa shape index (κ1) is 13.2. The van der Waals surface area contributed by atoms with Gasteiger partial charge in [0.2, 0.25) is 0 Å². The average molecular weight is 242 g/mol. The second-order valence-electron chi connectivity index (χ2n) is 3.29. The van der Waals surface area contributed by atoms with Gasteiger partial charge < -0.3 is 14.6 Å². The number of methoxy groups -OCH3 is 2. The molecule has 1 N–H and O–H groups in total. The molecule has 16 heavy (non-hydrogen) atoms. The van der Waals surface area contributed by atoms with Gasteiger partial charge >= 0.3 is 0 Å². The summed E-state index contributed by atoms with van der Waals surface area (Å²) in [6.07, 6.45) is -0.454. The highest BCUT2D eigenvalue weighted by atomic mass is 32.2. The summed E-state index contributed by atoms with van der Waals surface area (Å²) in [5.41, 5.74) is 0.860. The molecule has 1 unspecified atom stereocenters. The summed E-state index contributed by atoms with van der Waals surface area (Å²) in [6.45, 7) is 2.08. The summed E-state index contributed by atoms with van der Waals surface area (Å²) in [5, 5.41) is 9.92. The third-order valence-electron chi connectivity index (χ3n) is 2.27. The first-order valence-electron chi connectivity index (χ1n) is 5.20. The number of thioether (sulfide) groups is 1. The fourth-order valence-electron chi connectivity index (χ4n) is 1.39. The quantitative estimate of drug-likeness (QED) is 0.832. The first-order chi connectivity index (χ1) is 7.72. The molecular weight excluding hydrogens is 224 g/mol. The molecule has 0 aliphatic carbocycles. The molecule has 0 aliphatic heterocycles. The second-order valence-corrected chi connectivity index (χ2v) is 4.61. The van der Waals surface area contributed by atoms with E-state index in [1.807, 2.05) is 18.2 Å². The third-order valence-corrected chi connectivity index (χ3v) is 3.23. The van der Waals surface area contributed by atoms with Crippen LogP contribution in [0.3, 0.4) is 0 Å². The zero-order valence-corrected chi connectivity index (χ0v) is 10.7. The molecule has 3 nitrogen and oxygen atoms in total. The lowest BCUT2D eigenvalue weighted by Gasteiger charge is -2.13. The monoisotopic (exact) mass is 242 g/mol. The summed E-state index contributed by atoms with van der Waals surface area (Å²) in [7, 11) is 3.19. The number of rotatable bonds is 6. The van der Waals surface area contributed by atoms with Gasteiger partial charge in [-0.15, -0.1) is 0 Å². The van der Waals surface area contributed by atoms with Crippen molar-refractivity contribution < 1.29 is 14.6 Å². The maximum atomic E-state index is 9.92. The Morgan fingerprint density at radius 1 is 1.25 bits per heavy atom. The molecule has 0 saturated carbocycles. The Morgan fingerprint density at radius 2 is 1.94 bits per heavy atom. The molecule has 0 aromatic heterocycles. The fraction of sp³-hybridized carbons (Fsp3) is 0.500. The smallest absolute Gasteiger partial charge is 0.161 e. The fourth-order valence-corrected chi connectivity index (χ4v) is 2.04. The Hall–Kier alpha value is -0.870. The van der Waals surface area contributed by atoms with Crippen molar-refractivity contribution in [3.05, 3.63) is 23.8 Å². The van der Waals surface area contributed by atoms with Gasteiger partial charge in [0, 0.05) is 5.75 Å². The minimum atomic E-state index is -0.454. The molecule has 0 radical (unpaired) electrons. The Morgan fingerprint density at radius 3 is 2.50 bits per heavy atom.